The zero-order chi connectivity index (χ0) is 17.3. The summed E-state index contributed by atoms with van der Waals surface area (Å²) in [4.78, 5) is 11.6. The molecular weight excluding hydrogens is 333 g/mol. The van der Waals surface area contributed by atoms with Crippen LogP contribution in [0.3, 0.4) is 0 Å². The first-order valence-corrected chi connectivity index (χ1v) is 8.40. The fourth-order valence-corrected chi connectivity index (χ4v) is 3.50. The third-order valence-corrected chi connectivity index (χ3v) is 4.88. The van der Waals surface area contributed by atoms with Crippen LogP contribution in [-0.4, -0.2) is 19.5 Å². The summed E-state index contributed by atoms with van der Waals surface area (Å²) in [6.07, 6.45) is 0. The quantitative estimate of drug-likeness (QED) is 0.758. The summed E-state index contributed by atoms with van der Waals surface area (Å²) in [7, 11) is -3.96. The zero-order valence-corrected chi connectivity index (χ0v) is 13.0. The predicted octanol–water partition coefficient (Wildman–Crippen LogP) is 3.48. The van der Waals surface area contributed by atoms with E-state index in [4.69, 9.17) is 0 Å². The van der Waals surface area contributed by atoms with E-state index in [9.17, 15) is 22.7 Å². The van der Waals surface area contributed by atoms with Gasteiger partial charge in [0.05, 0.1) is 16.1 Å². The highest BCUT2D eigenvalue weighted by Crippen LogP contribution is 2.29. The predicted molar refractivity (Wildman–Crippen MR) is 88.1 cm³/mol. The molecule has 2 N–H and O–H groups in total. The van der Waals surface area contributed by atoms with E-state index in [0.717, 1.165) is 6.07 Å². The zero-order valence-electron chi connectivity index (χ0n) is 12.2. The number of halogens is 1. The maximum absolute atomic E-state index is 13.5. The molecule has 0 spiro atoms. The van der Waals surface area contributed by atoms with Gasteiger partial charge in [0.15, 0.2) is 0 Å². The summed E-state index contributed by atoms with van der Waals surface area (Å²) in [5.74, 6) is -1.95. The first kappa shape index (κ1) is 15.9. The second-order valence-electron chi connectivity index (χ2n) is 5.08. The molecule has 0 saturated carbocycles. The van der Waals surface area contributed by atoms with Gasteiger partial charge in [-0.3, -0.25) is 4.72 Å². The Balaban J connectivity index is 2.16. The lowest BCUT2D eigenvalue weighted by molar-refractivity contribution is 0.0700. The summed E-state index contributed by atoms with van der Waals surface area (Å²) < 4.78 is 40.6. The molecule has 0 saturated heterocycles. The highest BCUT2D eigenvalue weighted by Gasteiger charge is 2.20. The van der Waals surface area contributed by atoms with E-state index in [0.29, 0.717) is 5.39 Å². The van der Waals surface area contributed by atoms with E-state index < -0.39 is 21.8 Å². The number of nitrogens with one attached hydrogen (secondary N) is 1. The van der Waals surface area contributed by atoms with E-state index in [-0.39, 0.29) is 21.5 Å². The van der Waals surface area contributed by atoms with Crippen molar-refractivity contribution in [2.45, 2.75) is 4.90 Å². The summed E-state index contributed by atoms with van der Waals surface area (Å²) in [6.45, 7) is 0. The smallest absolute Gasteiger partial charge is 0.338 e. The molecule has 3 rings (SSSR count). The fourth-order valence-electron chi connectivity index (χ4n) is 2.41. The lowest BCUT2D eigenvalue weighted by Gasteiger charge is -2.13. The van der Waals surface area contributed by atoms with Gasteiger partial charge in [0, 0.05) is 5.39 Å². The summed E-state index contributed by atoms with van der Waals surface area (Å²) in [5, 5.41) is 10.1. The topological polar surface area (TPSA) is 83.5 Å². The van der Waals surface area contributed by atoms with Gasteiger partial charge in [0.1, 0.15) is 5.82 Å². The van der Waals surface area contributed by atoms with E-state index in [1.54, 1.807) is 18.2 Å². The minimum atomic E-state index is -3.96. The second kappa shape index (κ2) is 5.93. The van der Waals surface area contributed by atoms with Crippen LogP contribution in [-0.2, 0) is 10.0 Å². The molecule has 0 bridgehead atoms. The van der Waals surface area contributed by atoms with Crippen LogP contribution < -0.4 is 4.72 Å². The number of anilines is 1. The van der Waals surface area contributed by atoms with E-state index in [2.05, 4.69) is 4.72 Å². The number of sulfonamides is 1. The van der Waals surface area contributed by atoms with E-state index in [1.165, 1.54) is 36.4 Å². The Labute approximate surface area is 137 Å². The van der Waals surface area contributed by atoms with Gasteiger partial charge in [-0.2, -0.15) is 0 Å². The maximum atomic E-state index is 13.5. The van der Waals surface area contributed by atoms with Crippen LogP contribution in [0.2, 0.25) is 0 Å². The number of carboxylic acids is 1. The van der Waals surface area contributed by atoms with Crippen LogP contribution in [0.1, 0.15) is 10.4 Å². The normalized spacial score (nSPS) is 11.4. The molecule has 122 valence electrons. The second-order valence-corrected chi connectivity index (χ2v) is 6.76. The number of fused-ring (bicyclic) bond motifs is 1. The molecule has 5 nitrogen and oxygen atoms in total. The number of hydrogen-bond acceptors (Lipinski definition) is 3. The maximum Gasteiger partial charge on any atom is 0.338 e. The van der Waals surface area contributed by atoms with Crippen LogP contribution >= 0.6 is 0 Å². The first-order valence-electron chi connectivity index (χ1n) is 6.92. The lowest BCUT2D eigenvalue weighted by atomic mass is 10.0. The average Bonchev–Trinajstić information content (AvgIpc) is 2.54. The van der Waals surface area contributed by atoms with Gasteiger partial charge in [0.25, 0.3) is 10.0 Å². The van der Waals surface area contributed by atoms with Crippen LogP contribution in [0.5, 0.6) is 0 Å². The first-order chi connectivity index (χ1) is 11.4. The molecule has 24 heavy (non-hydrogen) atoms. The molecule has 0 unspecified atom stereocenters. The minimum absolute atomic E-state index is 0.000628. The van der Waals surface area contributed by atoms with Gasteiger partial charge in [-0.1, -0.05) is 30.3 Å². The van der Waals surface area contributed by atoms with Gasteiger partial charge in [0.2, 0.25) is 0 Å². The molecule has 0 heterocycles. The van der Waals surface area contributed by atoms with Gasteiger partial charge < -0.3 is 5.11 Å². The lowest BCUT2D eigenvalue weighted by Crippen LogP contribution is -2.15. The molecule has 0 aliphatic rings. The van der Waals surface area contributed by atoms with Gasteiger partial charge >= 0.3 is 5.97 Å². The van der Waals surface area contributed by atoms with Crippen molar-refractivity contribution in [2.24, 2.45) is 0 Å². The summed E-state index contributed by atoms with van der Waals surface area (Å²) in [6, 6.07) is 14.2. The molecule has 0 aliphatic carbocycles. The summed E-state index contributed by atoms with van der Waals surface area (Å²) >= 11 is 0. The molecule has 7 heteroatoms. The molecule has 0 fully saturated rings. The van der Waals surface area contributed by atoms with Crippen molar-refractivity contribution < 1.29 is 22.7 Å². The van der Waals surface area contributed by atoms with Gasteiger partial charge in [-0.15, -0.1) is 0 Å². The molecule has 0 aromatic heterocycles. The fraction of sp³-hybridized carbons (Fsp3) is 0. The Morgan fingerprint density at radius 2 is 1.67 bits per heavy atom. The number of benzene rings is 3. The molecular formula is C17H12FNO4S. The Bertz CT molecular complexity index is 1030. The molecule has 0 amide bonds. The third-order valence-electron chi connectivity index (χ3n) is 3.50. The van der Waals surface area contributed by atoms with Crippen molar-refractivity contribution in [2.75, 3.05) is 4.72 Å². The summed E-state index contributed by atoms with van der Waals surface area (Å²) in [5.41, 5.74) is -0.420. The number of carbonyl (C=O) groups is 1. The van der Waals surface area contributed by atoms with E-state index in [1.807, 2.05) is 0 Å². The van der Waals surface area contributed by atoms with Crippen molar-refractivity contribution in [3.63, 3.8) is 0 Å². The monoisotopic (exact) mass is 345 g/mol. The molecule has 3 aromatic carbocycles. The Hall–Kier alpha value is -2.93. The molecule has 0 aliphatic heterocycles. The van der Waals surface area contributed by atoms with Crippen LogP contribution in [0.15, 0.2) is 65.6 Å². The standard InChI is InChI=1S/C17H12FNO4S/c18-12-8-6-11-7-9-15(16(17(20)21)14(11)10-12)19-24(22,23)13-4-2-1-3-5-13/h1-10,19H,(H,20,21). The van der Waals surface area contributed by atoms with Crippen molar-refractivity contribution in [3.8, 4) is 0 Å². The molecule has 0 radical (unpaired) electrons. The van der Waals surface area contributed by atoms with Crippen LogP contribution in [0.25, 0.3) is 10.8 Å². The van der Waals surface area contributed by atoms with E-state index >= 15 is 0 Å². The molecule has 0 atom stereocenters. The van der Waals surface area contributed by atoms with Crippen molar-refractivity contribution >= 4 is 32.5 Å². The SMILES string of the molecule is O=C(O)c1c(NS(=O)(=O)c2ccccc2)ccc2ccc(F)cc12. The Morgan fingerprint density at radius 1 is 1.00 bits per heavy atom. The van der Waals surface area contributed by atoms with Gasteiger partial charge in [-0.05, 0) is 35.7 Å². The van der Waals surface area contributed by atoms with Crippen molar-refractivity contribution in [1.82, 2.24) is 0 Å². The number of aromatic carboxylic acids is 1. The third kappa shape index (κ3) is 2.93. The Morgan fingerprint density at radius 3 is 2.33 bits per heavy atom. The largest absolute Gasteiger partial charge is 0.478 e. The number of carboxylic acid groups (broad SMARTS) is 1. The highest BCUT2D eigenvalue weighted by atomic mass is 32.2. The van der Waals surface area contributed by atoms with Gasteiger partial charge in [-0.25, -0.2) is 17.6 Å². The van der Waals surface area contributed by atoms with Crippen molar-refractivity contribution in [1.29, 1.82) is 0 Å². The van der Waals surface area contributed by atoms with Crippen LogP contribution in [0.4, 0.5) is 10.1 Å². The number of rotatable bonds is 4. The average molecular weight is 345 g/mol. The van der Waals surface area contributed by atoms with Crippen molar-refractivity contribution in [3.05, 3.63) is 72.0 Å². The molecule has 3 aromatic rings. The minimum Gasteiger partial charge on any atom is -0.478 e. The number of hydrogen-bond donors (Lipinski definition) is 2. The highest BCUT2D eigenvalue weighted by molar-refractivity contribution is 7.92. The van der Waals surface area contributed by atoms with Crippen LogP contribution in [0, 0.1) is 5.82 Å². The Kier molecular flexibility index (Phi) is 3.94.